The number of nitrogen functional groups attached to an aromatic ring is 1. The number of ether oxygens (including phenoxy) is 3. The Morgan fingerprint density at radius 1 is 1.43 bits per heavy atom. The number of halogens is 1. The van der Waals surface area contributed by atoms with Crippen LogP contribution >= 0.6 is 11.6 Å². The van der Waals surface area contributed by atoms with Crippen LogP contribution in [0.5, 0.6) is 11.5 Å². The normalized spacial score (nSPS) is 22.1. The van der Waals surface area contributed by atoms with Crippen LogP contribution in [0.2, 0.25) is 5.02 Å². The second-order valence-electron chi connectivity index (χ2n) is 7.16. The van der Waals surface area contributed by atoms with Gasteiger partial charge in [-0.25, -0.2) is 0 Å². The van der Waals surface area contributed by atoms with Crippen molar-refractivity contribution < 1.29 is 24.1 Å². The number of aliphatic hydroxyl groups excluding tert-OH is 1. The maximum absolute atomic E-state index is 12.7. The molecule has 1 aromatic rings. The van der Waals surface area contributed by atoms with Gasteiger partial charge >= 0.3 is 0 Å². The van der Waals surface area contributed by atoms with E-state index in [0.29, 0.717) is 50.0 Å². The summed E-state index contributed by atoms with van der Waals surface area (Å²) in [5.41, 5.74) is 6.47. The predicted octanol–water partition coefficient (Wildman–Crippen LogP) is 1.14. The number of fused-ring (bicyclic) bond motifs is 1. The van der Waals surface area contributed by atoms with E-state index in [9.17, 15) is 9.90 Å². The van der Waals surface area contributed by atoms with Gasteiger partial charge < -0.3 is 35.3 Å². The molecule has 0 bridgehead atoms. The Labute approximate surface area is 169 Å². The summed E-state index contributed by atoms with van der Waals surface area (Å²) in [6.07, 6.45) is 1.27. The quantitative estimate of drug-likeness (QED) is 0.454. The summed E-state index contributed by atoms with van der Waals surface area (Å²) in [5.74, 6) is 0.305. The van der Waals surface area contributed by atoms with Crippen LogP contribution in [0, 0.1) is 5.92 Å². The predicted molar refractivity (Wildman–Crippen MR) is 106 cm³/mol. The number of anilines is 1. The van der Waals surface area contributed by atoms with Crippen LogP contribution in [0.15, 0.2) is 6.07 Å². The van der Waals surface area contributed by atoms with Gasteiger partial charge in [0, 0.05) is 39.3 Å². The molecule has 1 amide bonds. The van der Waals surface area contributed by atoms with E-state index >= 15 is 0 Å². The van der Waals surface area contributed by atoms with Crippen molar-refractivity contribution >= 4 is 23.2 Å². The fraction of sp³-hybridized carbons (Fsp3) is 0.632. The van der Waals surface area contributed by atoms with Gasteiger partial charge in [-0.3, -0.25) is 4.79 Å². The number of aliphatic hydroxyl groups is 1. The van der Waals surface area contributed by atoms with Crippen LogP contribution in [0.1, 0.15) is 23.2 Å². The van der Waals surface area contributed by atoms with Crippen molar-refractivity contribution in [1.29, 1.82) is 0 Å². The number of nitrogens with one attached hydrogen (secondary N) is 1. The topological polar surface area (TPSA) is 106 Å². The summed E-state index contributed by atoms with van der Waals surface area (Å²) in [6.45, 7) is 4.18. The molecule has 8 nitrogen and oxygen atoms in total. The first-order valence-corrected chi connectivity index (χ1v) is 9.94. The number of β-amino-alcohol motifs (C(OH)–C–C–N with tert-alkyl or cyclic N) is 1. The van der Waals surface area contributed by atoms with Crippen molar-refractivity contribution in [3.63, 3.8) is 0 Å². The van der Waals surface area contributed by atoms with Crippen molar-refractivity contribution in [3.8, 4) is 11.5 Å². The second-order valence-corrected chi connectivity index (χ2v) is 7.53. The van der Waals surface area contributed by atoms with Gasteiger partial charge in [-0.05, 0) is 25.5 Å². The Balaban J connectivity index is 1.57. The molecule has 2 aliphatic heterocycles. The zero-order valence-electron chi connectivity index (χ0n) is 16.1. The summed E-state index contributed by atoms with van der Waals surface area (Å²) in [4.78, 5) is 14.9. The number of carbonyl (C=O) groups excluding carboxylic acids is 1. The minimum absolute atomic E-state index is 0.000247. The average Bonchev–Trinajstić information content (AvgIpc) is 2.70. The van der Waals surface area contributed by atoms with E-state index in [1.165, 1.54) is 6.07 Å². The standard InChI is InChI=1S/C19H28ClN3O5/c1-26-6-2-4-23-5-3-12(15(24)11-23)10-22-19(25)13-9-14(21)16(20)18-17(13)27-7-8-28-18/h9,12,15,24H,2-8,10-11,21H2,1H3,(H,22,25)/t12-,15?/m0/s1. The van der Waals surface area contributed by atoms with E-state index in [-0.39, 0.29) is 22.5 Å². The van der Waals surface area contributed by atoms with Crippen LogP contribution in [-0.2, 0) is 4.74 Å². The molecule has 0 radical (unpaired) electrons. The third kappa shape index (κ3) is 4.81. The molecule has 9 heteroatoms. The first-order chi connectivity index (χ1) is 13.5. The van der Waals surface area contributed by atoms with Gasteiger partial charge in [0.15, 0.2) is 11.5 Å². The summed E-state index contributed by atoms with van der Waals surface area (Å²) in [7, 11) is 1.69. The summed E-state index contributed by atoms with van der Waals surface area (Å²) < 4.78 is 16.2. The fourth-order valence-electron chi connectivity index (χ4n) is 3.60. The number of nitrogens with zero attached hydrogens (tertiary/aromatic N) is 1. The molecule has 0 spiro atoms. The lowest BCUT2D eigenvalue weighted by Gasteiger charge is -2.36. The van der Waals surface area contributed by atoms with Crippen LogP contribution in [0.3, 0.4) is 0 Å². The van der Waals surface area contributed by atoms with Crippen LogP contribution in [0.4, 0.5) is 5.69 Å². The van der Waals surface area contributed by atoms with Gasteiger partial charge in [-0.15, -0.1) is 0 Å². The van der Waals surface area contributed by atoms with Crippen LogP contribution in [-0.4, -0.2) is 75.1 Å². The van der Waals surface area contributed by atoms with Crippen molar-refractivity contribution in [1.82, 2.24) is 10.2 Å². The molecule has 156 valence electrons. The molecule has 1 unspecified atom stereocenters. The molecule has 2 atom stereocenters. The fourth-order valence-corrected chi connectivity index (χ4v) is 3.80. The number of hydrogen-bond donors (Lipinski definition) is 3. The number of rotatable bonds is 7. The Kier molecular flexibility index (Phi) is 7.23. The monoisotopic (exact) mass is 413 g/mol. The van der Waals surface area contributed by atoms with Crippen molar-refractivity contribution in [2.75, 3.05) is 58.8 Å². The maximum Gasteiger partial charge on any atom is 0.255 e. The number of carbonyl (C=O) groups is 1. The third-order valence-corrected chi connectivity index (χ3v) is 5.57. The molecule has 0 aromatic heterocycles. The number of nitrogens with two attached hydrogens (primary N) is 1. The van der Waals surface area contributed by atoms with Gasteiger partial charge in [0.2, 0.25) is 0 Å². The van der Waals surface area contributed by atoms with Crippen LogP contribution < -0.4 is 20.5 Å². The highest BCUT2D eigenvalue weighted by Crippen LogP contribution is 2.43. The molecule has 4 N–H and O–H groups in total. The Morgan fingerprint density at radius 3 is 2.89 bits per heavy atom. The van der Waals surface area contributed by atoms with Crippen molar-refractivity contribution in [2.45, 2.75) is 18.9 Å². The molecule has 1 saturated heterocycles. The number of methoxy groups -OCH3 is 1. The van der Waals surface area contributed by atoms with E-state index < -0.39 is 6.10 Å². The van der Waals surface area contributed by atoms with E-state index in [0.717, 1.165) is 25.9 Å². The molecular formula is C19H28ClN3O5. The van der Waals surface area contributed by atoms with Gasteiger partial charge in [0.1, 0.15) is 18.2 Å². The van der Waals surface area contributed by atoms with E-state index in [1.54, 1.807) is 7.11 Å². The minimum atomic E-state index is -0.486. The maximum atomic E-state index is 12.7. The van der Waals surface area contributed by atoms with Gasteiger partial charge in [0.25, 0.3) is 5.91 Å². The first kappa shape index (κ1) is 21.0. The Hall–Kier alpha value is -1.74. The second kappa shape index (κ2) is 9.65. The van der Waals surface area contributed by atoms with Gasteiger partial charge in [-0.1, -0.05) is 11.6 Å². The highest BCUT2D eigenvalue weighted by molar-refractivity contribution is 6.35. The lowest BCUT2D eigenvalue weighted by molar-refractivity contribution is 0.0192. The summed E-state index contributed by atoms with van der Waals surface area (Å²) >= 11 is 6.16. The minimum Gasteiger partial charge on any atom is -0.485 e. The molecule has 3 rings (SSSR count). The molecule has 2 aliphatic rings. The van der Waals surface area contributed by atoms with E-state index in [2.05, 4.69) is 10.2 Å². The van der Waals surface area contributed by atoms with Crippen molar-refractivity contribution in [3.05, 3.63) is 16.7 Å². The van der Waals surface area contributed by atoms with Gasteiger partial charge in [-0.2, -0.15) is 0 Å². The smallest absolute Gasteiger partial charge is 0.255 e. The number of likely N-dealkylation sites (tertiary alicyclic amines) is 1. The number of hydrogen-bond acceptors (Lipinski definition) is 7. The molecule has 2 heterocycles. The number of amides is 1. The highest BCUT2D eigenvalue weighted by Gasteiger charge is 2.29. The largest absolute Gasteiger partial charge is 0.485 e. The van der Waals surface area contributed by atoms with E-state index in [1.807, 2.05) is 0 Å². The first-order valence-electron chi connectivity index (χ1n) is 9.56. The Bertz CT molecular complexity index is 703. The number of piperidine rings is 1. The SMILES string of the molecule is COCCCN1CC[C@@H](CNC(=O)c2cc(N)c(Cl)c3c2OCCO3)C(O)C1. The average molecular weight is 414 g/mol. The van der Waals surface area contributed by atoms with E-state index in [4.69, 9.17) is 31.5 Å². The molecular weight excluding hydrogens is 386 g/mol. The zero-order valence-corrected chi connectivity index (χ0v) is 16.8. The molecule has 0 saturated carbocycles. The Morgan fingerprint density at radius 2 is 2.18 bits per heavy atom. The van der Waals surface area contributed by atoms with Gasteiger partial charge in [0.05, 0.1) is 17.4 Å². The molecule has 0 aliphatic carbocycles. The summed E-state index contributed by atoms with van der Waals surface area (Å²) in [6, 6.07) is 1.50. The molecule has 1 fully saturated rings. The highest BCUT2D eigenvalue weighted by atomic mass is 35.5. The summed E-state index contributed by atoms with van der Waals surface area (Å²) in [5, 5.41) is 13.6. The zero-order chi connectivity index (χ0) is 20.1. The number of benzene rings is 1. The lowest BCUT2D eigenvalue weighted by atomic mass is 9.93. The van der Waals surface area contributed by atoms with Crippen LogP contribution in [0.25, 0.3) is 0 Å². The third-order valence-electron chi connectivity index (χ3n) is 5.18. The molecule has 28 heavy (non-hydrogen) atoms. The lowest BCUT2D eigenvalue weighted by Crippen LogP contribution is -2.48. The van der Waals surface area contributed by atoms with Crippen molar-refractivity contribution in [2.24, 2.45) is 5.92 Å². The molecule has 1 aromatic carbocycles.